The Kier molecular flexibility index (Phi) is 3.29. The van der Waals surface area contributed by atoms with Gasteiger partial charge in [0.05, 0.1) is 26.2 Å². The minimum Gasteiger partial charge on any atom is -0.460 e. The number of benzene rings is 1. The number of hydrogen-bond donors (Lipinski definition) is 1. The molecular weight excluding hydrogens is 300 g/mol. The lowest BCUT2D eigenvalue weighted by molar-refractivity contribution is -0.165. The molecule has 0 amide bonds. The number of fused-ring (bicyclic) bond motifs is 1. The van der Waals surface area contributed by atoms with E-state index < -0.39 is 21.0 Å². The van der Waals surface area contributed by atoms with E-state index in [4.69, 9.17) is 4.74 Å². The predicted octanol–water partition coefficient (Wildman–Crippen LogP) is 3.02. The molecule has 22 heavy (non-hydrogen) atoms. The molecule has 1 fully saturated rings. The Bertz CT molecular complexity index is 736. The van der Waals surface area contributed by atoms with Crippen molar-refractivity contribution in [2.45, 2.75) is 49.8 Å². The van der Waals surface area contributed by atoms with Crippen LogP contribution in [0.3, 0.4) is 0 Å². The fourth-order valence-corrected chi connectivity index (χ4v) is 4.86. The minimum atomic E-state index is -2.43. The van der Waals surface area contributed by atoms with Crippen LogP contribution in [0.4, 0.5) is 5.69 Å². The SMILES string of the molecule is CC(C)(C)OC(=O)C1CC2(C1)N=S(C)(=O)c1ccccc1N2. The second-order valence-electron chi connectivity index (χ2n) is 7.19. The Morgan fingerprint density at radius 3 is 2.64 bits per heavy atom. The van der Waals surface area contributed by atoms with E-state index in [1.165, 1.54) is 0 Å². The largest absolute Gasteiger partial charge is 0.460 e. The van der Waals surface area contributed by atoms with Crippen LogP contribution in [0.1, 0.15) is 33.6 Å². The number of carbonyl (C=O) groups is 1. The van der Waals surface area contributed by atoms with Crippen molar-refractivity contribution in [1.82, 2.24) is 0 Å². The fourth-order valence-electron chi connectivity index (χ4n) is 3.04. The van der Waals surface area contributed by atoms with E-state index in [1.807, 2.05) is 45.0 Å². The molecule has 1 aromatic rings. The Hall–Kier alpha value is -1.56. The number of carbonyl (C=O) groups excluding carboxylic acids is 1. The molecule has 0 bridgehead atoms. The Morgan fingerprint density at radius 2 is 2.00 bits per heavy atom. The molecule has 1 aliphatic heterocycles. The number of ether oxygens (including phenoxy) is 1. The van der Waals surface area contributed by atoms with Crippen LogP contribution in [0.5, 0.6) is 0 Å². The summed E-state index contributed by atoms with van der Waals surface area (Å²) in [6.45, 7) is 5.58. The Balaban J connectivity index is 1.80. The standard InChI is InChI=1S/C16H22N2O3S/c1-15(2,3)21-14(19)11-9-16(10-11)17-12-7-5-6-8-13(12)22(4,20)18-16/h5-8,11,17H,9-10H2,1-4H3. The van der Waals surface area contributed by atoms with Gasteiger partial charge >= 0.3 is 5.97 Å². The van der Waals surface area contributed by atoms with Crippen LogP contribution >= 0.6 is 0 Å². The summed E-state index contributed by atoms with van der Waals surface area (Å²) in [4.78, 5) is 12.8. The highest BCUT2D eigenvalue weighted by atomic mass is 32.2. The van der Waals surface area contributed by atoms with Crippen LogP contribution in [0, 0.1) is 5.92 Å². The summed E-state index contributed by atoms with van der Waals surface area (Å²) < 4.78 is 22.8. The maximum atomic E-state index is 12.8. The summed E-state index contributed by atoms with van der Waals surface area (Å²) in [5.74, 6) is -0.382. The van der Waals surface area contributed by atoms with E-state index in [9.17, 15) is 9.00 Å². The topological polar surface area (TPSA) is 67.8 Å². The molecule has 3 rings (SSSR count). The normalized spacial score (nSPS) is 33.2. The first-order valence-corrected chi connectivity index (χ1v) is 9.36. The highest BCUT2D eigenvalue weighted by Gasteiger charge is 2.51. The molecular formula is C16H22N2O3S. The van der Waals surface area contributed by atoms with Gasteiger partial charge in [0.25, 0.3) is 0 Å². The van der Waals surface area contributed by atoms with E-state index in [0.717, 1.165) is 10.6 Å². The monoisotopic (exact) mass is 322 g/mol. The average molecular weight is 322 g/mol. The van der Waals surface area contributed by atoms with Crippen molar-refractivity contribution in [3.8, 4) is 0 Å². The van der Waals surface area contributed by atoms with Gasteiger partial charge in [-0.05, 0) is 32.9 Å². The number of anilines is 1. The molecule has 1 unspecified atom stereocenters. The molecule has 6 heteroatoms. The van der Waals surface area contributed by atoms with Gasteiger partial charge in [-0.25, -0.2) is 8.57 Å². The van der Waals surface area contributed by atoms with E-state index in [1.54, 1.807) is 6.26 Å². The van der Waals surface area contributed by atoms with Gasteiger partial charge in [-0.3, -0.25) is 4.79 Å². The molecule has 2 aliphatic rings. The number of hydrogen-bond acceptors (Lipinski definition) is 5. The molecule has 1 N–H and O–H groups in total. The lowest BCUT2D eigenvalue weighted by Gasteiger charge is -2.47. The van der Waals surface area contributed by atoms with Crippen LogP contribution in [-0.2, 0) is 19.3 Å². The summed E-state index contributed by atoms with van der Waals surface area (Å²) in [6.07, 6.45) is 2.72. The van der Waals surface area contributed by atoms with Gasteiger partial charge in [-0.2, -0.15) is 0 Å². The van der Waals surface area contributed by atoms with Crippen molar-refractivity contribution >= 4 is 21.4 Å². The van der Waals surface area contributed by atoms with Crippen LogP contribution in [-0.4, -0.2) is 27.7 Å². The molecule has 1 heterocycles. The van der Waals surface area contributed by atoms with Crippen molar-refractivity contribution in [2.24, 2.45) is 10.3 Å². The molecule has 1 spiro atoms. The van der Waals surface area contributed by atoms with E-state index in [2.05, 4.69) is 9.68 Å². The maximum absolute atomic E-state index is 12.8. The lowest BCUT2D eigenvalue weighted by Crippen LogP contribution is -2.54. The smallest absolute Gasteiger partial charge is 0.309 e. The lowest BCUT2D eigenvalue weighted by atomic mass is 9.74. The number of para-hydroxylation sites is 1. The molecule has 0 aromatic heterocycles. The van der Waals surface area contributed by atoms with Gasteiger partial charge in [0.15, 0.2) is 0 Å². The number of esters is 1. The van der Waals surface area contributed by atoms with Crippen molar-refractivity contribution in [1.29, 1.82) is 0 Å². The van der Waals surface area contributed by atoms with Crippen molar-refractivity contribution in [2.75, 3.05) is 11.6 Å². The summed E-state index contributed by atoms with van der Waals surface area (Å²) in [5, 5.41) is 3.36. The average Bonchev–Trinajstić information content (AvgIpc) is 2.32. The first-order chi connectivity index (χ1) is 10.1. The quantitative estimate of drug-likeness (QED) is 0.807. The maximum Gasteiger partial charge on any atom is 0.309 e. The van der Waals surface area contributed by atoms with E-state index >= 15 is 0 Å². The van der Waals surface area contributed by atoms with Crippen molar-refractivity contribution < 1.29 is 13.7 Å². The number of rotatable bonds is 1. The second-order valence-corrected chi connectivity index (χ2v) is 9.41. The van der Waals surface area contributed by atoms with Crippen molar-refractivity contribution in [3.63, 3.8) is 0 Å². The third kappa shape index (κ3) is 2.72. The van der Waals surface area contributed by atoms with E-state index in [0.29, 0.717) is 12.8 Å². The first-order valence-electron chi connectivity index (χ1n) is 7.44. The van der Waals surface area contributed by atoms with Crippen LogP contribution in [0.25, 0.3) is 0 Å². The summed E-state index contributed by atoms with van der Waals surface area (Å²) in [6, 6.07) is 7.52. The zero-order valence-corrected chi connectivity index (χ0v) is 14.2. The molecule has 1 aliphatic carbocycles. The number of nitrogens with zero attached hydrogens (tertiary/aromatic N) is 1. The summed E-state index contributed by atoms with van der Waals surface area (Å²) in [7, 11) is -2.43. The molecule has 1 atom stereocenters. The fraction of sp³-hybridized carbons (Fsp3) is 0.562. The van der Waals surface area contributed by atoms with Crippen LogP contribution in [0.15, 0.2) is 33.5 Å². The third-order valence-corrected chi connectivity index (χ3v) is 5.79. The molecule has 1 saturated carbocycles. The van der Waals surface area contributed by atoms with Gasteiger partial charge in [0.2, 0.25) is 0 Å². The molecule has 120 valence electrons. The Labute approximate surface area is 131 Å². The highest BCUT2D eigenvalue weighted by molar-refractivity contribution is 7.93. The second kappa shape index (κ2) is 4.72. The Morgan fingerprint density at radius 1 is 1.36 bits per heavy atom. The van der Waals surface area contributed by atoms with Crippen LogP contribution in [0.2, 0.25) is 0 Å². The zero-order chi connectivity index (χ0) is 16.2. The zero-order valence-electron chi connectivity index (χ0n) is 13.4. The third-order valence-electron chi connectivity index (χ3n) is 3.92. The van der Waals surface area contributed by atoms with Crippen LogP contribution < -0.4 is 5.32 Å². The van der Waals surface area contributed by atoms with Crippen molar-refractivity contribution in [3.05, 3.63) is 24.3 Å². The molecule has 1 aromatic carbocycles. The predicted molar refractivity (Wildman–Crippen MR) is 86.1 cm³/mol. The minimum absolute atomic E-state index is 0.184. The van der Waals surface area contributed by atoms with Gasteiger partial charge in [-0.1, -0.05) is 12.1 Å². The molecule has 0 saturated heterocycles. The van der Waals surface area contributed by atoms with E-state index in [-0.39, 0.29) is 11.9 Å². The molecule has 0 radical (unpaired) electrons. The van der Waals surface area contributed by atoms with Gasteiger partial charge in [0, 0.05) is 19.1 Å². The van der Waals surface area contributed by atoms with Gasteiger partial charge in [0.1, 0.15) is 11.3 Å². The first kappa shape index (κ1) is 15.3. The highest BCUT2D eigenvalue weighted by Crippen LogP contribution is 2.47. The summed E-state index contributed by atoms with van der Waals surface area (Å²) in [5.41, 5.74) is -0.225. The van der Waals surface area contributed by atoms with Gasteiger partial charge in [-0.15, -0.1) is 0 Å². The molecule has 5 nitrogen and oxygen atoms in total. The summed E-state index contributed by atoms with van der Waals surface area (Å²) >= 11 is 0. The number of nitrogens with one attached hydrogen (secondary N) is 1. The van der Waals surface area contributed by atoms with Gasteiger partial charge < -0.3 is 10.1 Å².